The molecule has 0 aromatic rings. The Morgan fingerprint density at radius 1 is 1.62 bits per heavy atom. The summed E-state index contributed by atoms with van der Waals surface area (Å²) in [5.74, 6) is -0.0615. The summed E-state index contributed by atoms with van der Waals surface area (Å²) in [5.41, 5.74) is 5.21. The molecule has 94 valence electrons. The van der Waals surface area contributed by atoms with Crippen LogP contribution in [0.15, 0.2) is 0 Å². The molecule has 0 spiro atoms. The minimum Gasteiger partial charge on any atom is -0.366 e. The molecule has 1 unspecified atom stereocenters. The molecule has 1 aliphatic heterocycles. The molecule has 1 amide bonds. The molecule has 0 bridgehead atoms. The summed E-state index contributed by atoms with van der Waals surface area (Å²) >= 11 is 0. The number of likely N-dealkylation sites (N-methyl/N-ethyl adjacent to an activating group) is 1. The zero-order valence-electron chi connectivity index (χ0n) is 10.5. The van der Waals surface area contributed by atoms with E-state index in [2.05, 4.69) is 17.1 Å². The Labute approximate surface area is 97.3 Å². The normalized spacial score (nSPS) is 23.1. The molecule has 0 aromatic heterocycles. The van der Waals surface area contributed by atoms with E-state index < -0.39 is 0 Å². The Balaban J connectivity index is 2.47. The largest absolute Gasteiger partial charge is 0.366 e. The maximum Gasteiger partial charge on any atom is 0.250 e. The van der Waals surface area contributed by atoms with Crippen LogP contribution in [-0.4, -0.2) is 55.2 Å². The van der Waals surface area contributed by atoms with E-state index in [1.54, 1.807) is 0 Å². The first-order valence-corrected chi connectivity index (χ1v) is 5.84. The summed E-state index contributed by atoms with van der Waals surface area (Å²) < 4.78 is 5.47. The van der Waals surface area contributed by atoms with Gasteiger partial charge in [0.25, 0.3) is 5.91 Å². The molecule has 5 nitrogen and oxygen atoms in total. The number of carbonyl (C=O) groups excluding carboxylic acids is 1. The third kappa shape index (κ3) is 3.73. The number of carbonyl (C=O) groups is 1. The number of hydrogen-bond donors (Lipinski definition) is 2. The third-order valence-corrected chi connectivity index (χ3v) is 2.86. The van der Waals surface area contributed by atoms with Gasteiger partial charge in [-0.3, -0.25) is 9.69 Å². The number of ether oxygens (including phenoxy) is 1. The predicted molar refractivity (Wildman–Crippen MR) is 63.1 cm³/mol. The molecule has 1 heterocycles. The van der Waals surface area contributed by atoms with Gasteiger partial charge in [-0.1, -0.05) is 6.92 Å². The maximum absolute atomic E-state index is 11.9. The highest BCUT2D eigenvalue weighted by molar-refractivity contribution is 5.81. The average Bonchev–Trinajstić information content (AvgIpc) is 2.28. The number of amides is 1. The lowest BCUT2D eigenvalue weighted by atomic mass is 10.1. The molecule has 1 saturated heterocycles. The molecular weight excluding hydrogens is 206 g/mol. The highest BCUT2D eigenvalue weighted by Gasteiger charge is 2.29. The number of nitrogens with two attached hydrogens (primary N) is 1. The zero-order valence-corrected chi connectivity index (χ0v) is 10.5. The molecule has 1 fully saturated rings. The van der Waals surface area contributed by atoms with Gasteiger partial charge in [-0.05, 0) is 20.4 Å². The van der Waals surface area contributed by atoms with Crippen LogP contribution in [0.5, 0.6) is 0 Å². The summed E-state index contributed by atoms with van der Waals surface area (Å²) in [4.78, 5) is 14.1. The van der Waals surface area contributed by atoms with Gasteiger partial charge in [0.05, 0.1) is 6.61 Å². The monoisotopic (exact) mass is 229 g/mol. The zero-order chi connectivity index (χ0) is 12.2. The molecule has 3 N–H and O–H groups in total. The van der Waals surface area contributed by atoms with Crippen molar-refractivity contribution in [3.8, 4) is 0 Å². The standard InChI is InChI=1S/C11H23N3O2/c1-4-14-5-6-16-9(7-14)10(15)13-11(2,3)8-12/h9H,4-8,12H2,1-3H3,(H,13,15). The molecule has 0 saturated carbocycles. The Morgan fingerprint density at radius 3 is 2.88 bits per heavy atom. The fourth-order valence-electron chi connectivity index (χ4n) is 1.61. The lowest BCUT2D eigenvalue weighted by Gasteiger charge is -2.33. The van der Waals surface area contributed by atoms with Gasteiger partial charge >= 0.3 is 0 Å². The van der Waals surface area contributed by atoms with Crippen LogP contribution < -0.4 is 11.1 Å². The van der Waals surface area contributed by atoms with Crippen LogP contribution in [0.4, 0.5) is 0 Å². The highest BCUT2D eigenvalue weighted by Crippen LogP contribution is 2.07. The van der Waals surface area contributed by atoms with Crippen molar-refractivity contribution in [1.29, 1.82) is 0 Å². The summed E-state index contributed by atoms with van der Waals surface area (Å²) in [6.07, 6.45) is -0.362. The second-order valence-electron chi connectivity index (χ2n) is 4.83. The quantitative estimate of drug-likeness (QED) is 0.686. The van der Waals surface area contributed by atoms with Gasteiger partial charge in [0, 0.05) is 25.2 Å². The van der Waals surface area contributed by atoms with Gasteiger partial charge in [0.2, 0.25) is 0 Å². The Morgan fingerprint density at radius 2 is 2.31 bits per heavy atom. The minimum atomic E-state index is -0.366. The van der Waals surface area contributed by atoms with Gasteiger partial charge in [0.15, 0.2) is 0 Å². The van der Waals surface area contributed by atoms with Gasteiger partial charge in [0.1, 0.15) is 6.10 Å². The smallest absolute Gasteiger partial charge is 0.250 e. The topological polar surface area (TPSA) is 67.6 Å². The Bertz CT molecular complexity index is 243. The van der Waals surface area contributed by atoms with Gasteiger partial charge in [-0.15, -0.1) is 0 Å². The van der Waals surface area contributed by atoms with Crippen molar-refractivity contribution in [3.63, 3.8) is 0 Å². The van der Waals surface area contributed by atoms with E-state index >= 15 is 0 Å². The van der Waals surface area contributed by atoms with Crippen molar-refractivity contribution in [1.82, 2.24) is 10.2 Å². The number of nitrogens with zero attached hydrogens (tertiary/aromatic N) is 1. The molecule has 5 heteroatoms. The molecule has 1 atom stereocenters. The van der Waals surface area contributed by atoms with Crippen LogP contribution in [0.3, 0.4) is 0 Å². The molecule has 16 heavy (non-hydrogen) atoms. The number of hydrogen-bond acceptors (Lipinski definition) is 4. The molecule has 1 rings (SSSR count). The minimum absolute atomic E-state index is 0.0615. The number of morpholine rings is 1. The average molecular weight is 229 g/mol. The SMILES string of the molecule is CCN1CCOC(C(=O)NC(C)(C)CN)C1. The fourth-order valence-corrected chi connectivity index (χ4v) is 1.61. The van der Waals surface area contributed by atoms with E-state index in [0.717, 1.165) is 13.1 Å². The second-order valence-corrected chi connectivity index (χ2v) is 4.83. The maximum atomic E-state index is 11.9. The van der Waals surface area contributed by atoms with Gasteiger partial charge in [-0.2, -0.15) is 0 Å². The van der Waals surface area contributed by atoms with Crippen LogP contribution in [-0.2, 0) is 9.53 Å². The highest BCUT2D eigenvalue weighted by atomic mass is 16.5. The van der Waals surface area contributed by atoms with Crippen molar-refractivity contribution < 1.29 is 9.53 Å². The van der Waals surface area contributed by atoms with Crippen molar-refractivity contribution in [2.75, 3.05) is 32.8 Å². The van der Waals surface area contributed by atoms with Crippen LogP contribution in [0, 0.1) is 0 Å². The molecular formula is C11H23N3O2. The van der Waals surface area contributed by atoms with Crippen molar-refractivity contribution >= 4 is 5.91 Å². The van der Waals surface area contributed by atoms with E-state index in [-0.39, 0.29) is 17.6 Å². The van der Waals surface area contributed by atoms with Crippen molar-refractivity contribution in [2.45, 2.75) is 32.4 Å². The van der Waals surface area contributed by atoms with Gasteiger partial charge < -0.3 is 15.8 Å². The predicted octanol–water partition coefficient (Wildman–Crippen LogP) is -0.439. The summed E-state index contributed by atoms with van der Waals surface area (Å²) in [6, 6.07) is 0. The van der Waals surface area contributed by atoms with E-state index in [9.17, 15) is 4.79 Å². The first-order valence-electron chi connectivity index (χ1n) is 5.84. The molecule has 0 aromatic carbocycles. The van der Waals surface area contributed by atoms with Crippen molar-refractivity contribution in [2.24, 2.45) is 5.73 Å². The van der Waals surface area contributed by atoms with E-state index in [0.29, 0.717) is 19.7 Å². The van der Waals surface area contributed by atoms with Crippen LogP contribution in [0.25, 0.3) is 0 Å². The summed E-state index contributed by atoms with van der Waals surface area (Å²) in [5, 5.41) is 2.90. The van der Waals surface area contributed by atoms with Gasteiger partial charge in [-0.25, -0.2) is 0 Å². The van der Waals surface area contributed by atoms with E-state index in [1.165, 1.54) is 0 Å². The second kappa shape index (κ2) is 5.61. The summed E-state index contributed by atoms with van der Waals surface area (Å²) in [6.45, 7) is 9.47. The Kier molecular flexibility index (Phi) is 4.70. The Hall–Kier alpha value is -0.650. The molecule has 0 aliphatic carbocycles. The number of rotatable bonds is 4. The first-order chi connectivity index (χ1) is 7.48. The van der Waals surface area contributed by atoms with E-state index in [1.807, 2.05) is 13.8 Å². The van der Waals surface area contributed by atoms with Crippen LogP contribution in [0.2, 0.25) is 0 Å². The van der Waals surface area contributed by atoms with E-state index in [4.69, 9.17) is 10.5 Å². The van der Waals surface area contributed by atoms with Crippen molar-refractivity contribution in [3.05, 3.63) is 0 Å². The molecule has 0 radical (unpaired) electrons. The lowest BCUT2D eigenvalue weighted by molar-refractivity contribution is -0.140. The number of nitrogens with one attached hydrogen (secondary N) is 1. The fraction of sp³-hybridized carbons (Fsp3) is 0.909. The first kappa shape index (κ1) is 13.4. The lowest BCUT2D eigenvalue weighted by Crippen LogP contribution is -2.56. The summed E-state index contributed by atoms with van der Waals surface area (Å²) in [7, 11) is 0. The van der Waals surface area contributed by atoms with Crippen LogP contribution in [0.1, 0.15) is 20.8 Å². The third-order valence-electron chi connectivity index (χ3n) is 2.86. The van der Waals surface area contributed by atoms with Crippen LogP contribution >= 0.6 is 0 Å². The molecule has 1 aliphatic rings.